The van der Waals surface area contributed by atoms with Crippen molar-refractivity contribution in [3.63, 3.8) is 0 Å². The Hall–Kier alpha value is -0.540. The molecule has 3 aliphatic rings. The van der Waals surface area contributed by atoms with E-state index in [9.17, 15) is 0 Å². The van der Waals surface area contributed by atoms with Crippen LogP contribution in [0, 0.1) is 0 Å². The Kier molecular flexibility index (Phi) is 2.13. The van der Waals surface area contributed by atoms with Crippen molar-refractivity contribution in [1.29, 1.82) is 0 Å². The highest BCUT2D eigenvalue weighted by atomic mass is 79.9. The number of benzene rings is 1. The number of ether oxygens (including phenoxy) is 2. The first-order chi connectivity index (χ1) is 8.28. The maximum atomic E-state index is 6.32. The van der Waals surface area contributed by atoms with Crippen LogP contribution in [0.1, 0.15) is 43.8 Å². The van der Waals surface area contributed by atoms with Gasteiger partial charge in [0, 0.05) is 10.0 Å². The third-order valence-corrected chi connectivity index (χ3v) is 4.79. The van der Waals surface area contributed by atoms with Crippen LogP contribution in [-0.2, 0) is 4.74 Å². The Morgan fingerprint density at radius 1 is 1.18 bits per heavy atom. The molecule has 0 aromatic heterocycles. The monoisotopic (exact) mass is 294 g/mol. The maximum Gasteiger partial charge on any atom is 0.138 e. The lowest BCUT2D eigenvalue weighted by Crippen LogP contribution is -2.45. The number of fused-ring (bicyclic) bond motifs is 4. The fourth-order valence-electron chi connectivity index (χ4n) is 3.40. The van der Waals surface area contributed by atoms with Gasteiger partial charge in [-0.3, -0.25) is 0 Å². The highest BCUT2D eigenvalue weighted by Crippen LogP contribution is 2.57. The Bertz CT molecular complexity index is 465. The van der Waals surface area contributed by atoms with E-state index in [4.69, 9.17) is 9.47 Å². The molecule has 0 N–H and O–H groups in total. The van der Waals surface area contributed by atoms with Gasteiger partial charge in [0.1, 0.15) is 23.6 Å². The van der Waals surface area contributed by atoms with Gasteiger partial charge >= 0.3 is 0 Å². The van der Waals surface area contributed by atoms with E-state index >= 15 is 0 Å². The summed E-state index contributed by atoms with van der Waals surface area (Å²) >= 11 is 3.51. The molecule has 1 aliphatic carbocycles. The molecule has 0 amide bonds. The minimum atomic E-state index is -0.0102. The first-order valence-corrected chi connectivity index (χ1v) is 7.22. The number of hydrogen-bond donors (Lipinski definition) is 0. The lowest BCUT2D eigenvalue weighted by atomic mass is 9.79. The van der Waals surface area contributed by atoms with Gasteiger partial charge in [-0.1, -0.05) is 22.4 Å². The molecule has 2 heterocycles. The second-order valence-corrected chi connectivity index (χ2v) is 6.30. The van der Waals surface area contributed by atoms with Gasteiger partial charge in [-0.15, -0.1) is 0 Å². The van der Waals surface area contributed by atoms with E-state index in [-0.39, 0.29) is 11.7 Å². The Morgan fingerprint density at radius 2 is 2.00 bits per heavy atom. The summed E-state index contributed by atoms with van der Waals surface area (Å²) in [4.78, 5) is 0. The van der Waals surface area contributed by atoms with E-state index in [1.54, 1.807) is 0 Å². The summed E-state index contributed by atoms with van der Waals surface area (Å²) in [6, 6.07) is 6.27. The Morgan fingerprint density at radius 3 is 2.82 bits per heavy atom. The van der Waals surface area contributed by atoms with Crippen LogP contribution in [0.5, 0.6) is 5.75 Å². The quantitative estimate of drug-likeness (QED) is 0.675. The normalized spacial score (nSPS) is 32.5. The van der Waals surface area contributed by atoms with Crippen molar-refractivity contribution in [2.45, 2.75) is 49.9 Å². The van der Waals surface area contributed by atoms with Gasteiger partial charge in [-0.25, -0.2) is 0 Å². The topological polar surface area (TPSA) is 21.8 Å². The Balaban J connectivity index is 1.75. The summed E-state index contributed by atoms with van der Waals surface area (Å²) in [5.74, 6) is 1.04. The molecule has 0 bridgehead atoms. The molecule has 90 valence electrons. The van der Waals surface area contributed by atoms with Gasteiger partial charge < -0.3 is 9.47 Å². The van der Waals surface area contributed by atoms with E-state index in [1.165, 1.54) is 24.8 Å². The Labute approximate surface area is 109 Å². The second kappa shape index (κ2) is 3.48. The average molecular weight is 295 g/mol. The van der Waals surface area contributed by atoms with Crippen LogP contribution in [0.25, 0.3) is 0 Å². The molecule has 1 spiro atoms. The molecule has 2 unspecified atom stereocenters. The van der Waals surface area contributed by atoms with Gasteiger partial charge in [0.2, 0.25) is 0 Å². The van der Waals surface area contributed by atoms with Gasteiger partial charge in [-0.05, 0) is 43.9 Å². The van der Waals surface area contributed by atoms with Crippen LogP contribution in [-0.4, -0.2) is 11.7 Å². The molecule has 1 aromatic rings. The molecule has 2 fully saturated rings. The van der Waals surface area contributed by atoms with Crippen molar-refractivity contribution in [2.75, 3.05) is 0 Å². The van der Waals surface area contributed by atoms with Crippen LogP contribution in [0.4, 0.5) is 0 Å². The largest absolute Gasteiger partial charge is 0.484 e. The van der Waals surface area contributed by atoms with E-state index < -0.39 is 0 Å². The highest BCUT2D eigenvalue weighted by molar-refractivity contribution is 9.10. The minimum Gasteiger partial charge on any atom is -0.484 e. The van der Waals surface area contributed by atoms with Gasteiger partial charge in [0.15, 0.2) is 0 Å². The number of halogens is 1. The van der Waals surface area contributed by atoms with Gasteiger partial charge in [0.05, 0.1) is 0 Å². The van der Waals surface area contributed by atoms with Crippen LogP contribution < -0.4 is 4.74 Å². The van der Waals surface area contributed by atoms with Crippen molar-refractivity contribution in [2.24, 2.45) is 0 Å². The SMILES string of the molecule is Brc1ccc2c(c1)C1OC1C1(CCCCC1)O2. The van der Waals surface area contributed by atoms with Crippen molar-refractivity contribution in [3.05, 3.63) is 28.2 Å². The molecule has 2 aliphatic heterocycles. The molecule has 1 saturated carbocycles. The molecular formula is C14H15BrO2. The zero-order valence-corrected chi connectivity index (χ0v) is 11.2. The molecule has 1 aromatic carbocycles. The molecule has 2 nitrogen and oxygen atoms in total. The molecule has 3 heteroatoms. The lowest BCUT2D eigenvalue weighted by molar-refractivity contribution is 0.00137. The van der Waals surface area contributed by atoms with Crippen LogP contribution in [0.2, 0.25) is 0 Å². The molecular weight excluding hydrogens is 280 g/mol. The smallest absolute Gasteiger partial charge is 0.138 e. The second-order valence-electron chi connectivity index (χ2n) is 5.39. The summed E-state index contributed by atoms with van der Waals surface area (Å²) in [6.45, 7) is 0. The van der Waals surface area contributed by atoms with E-state index in [0.717, 1.165) is 23.1 Å². The van der Waals surface area contributed by atoms with Crippen LogP contribution in [0.15, 0.2) is 22.7 Å². The first-order valence-electron chi connectivity index (χ1n) is 6.42. The van der Waals surface area contributed by atoms with Gasteiger partial charge in [0.25, 0.3) is 0 Å². The van der Waals surface area contributed by atoms with Crippen LogP contribution >= 0.6 is 15.9 Å². The number of epoxide rings is 1. The standard InChI is InChI=1S/C14H15BrO2/c15-9-4-5-11-10(8-9)12-13(16-12)14(17-11)6-2-1-3-7-14/h4-5,8,12-13H,1-3,6-7H2. The summed E-state index contributed by atoms with van der Waals surface area (Å²) in [6.07, 6.45) is 6.80. The van der Waals surface area contributed by atoms with Crippen molar-refractivity contribution < 1.29 is 9.47 Å². The van der Waals surface area contributed by atoms with Gasteiger partial charge in [-0.2, -0.15) is 0 Å². The zero-order chi connectivity index (χ0) is 11.5. The molecule has 4 rings (SSSR count). The summed E-state index contributed by atoms with van der Waals surface area (Å²) in [7, 11) is 0. The average Bonchev–Trinajstić information content (AvgIpc) is 3.13. The predicted octanol–water partition coefficient (Wildman–Crippen LogP) is 3.98. The highest BCUT2D eigenvalue weighted by Gasteiger charge is 2.61. The minimum absolute atomic E-state index is 0.0102. The van der Waals surface area contributed by atoms with E-state index in [0.29, 0.717) is 6.10 Å². The van der Waals surface area contributed by atoms with E-state index in [1.807, 2.05) is 0 Å². The van der Waals surface area contributed by atoms with Crippen molar-refractivity contribution in [3.8, 4) is 5.75 Å². The molecule has 1 saturated heterocycles. The number of rotatable bonds is 0. The molecule has 0 radical (unpaired) electrons. The summed E-state index contributed by atoms with van der Waals surface area (Å²) in [5, 5.41) is 0. The zero-order valence-electron chi connectivity index (χ0n) is 9.62. The predicted molar refractivity (Wildman–Crippen MR) is 68.2 cm³/mol. The van der Waals surface area contributed by atoms with Crippen molar-refractivity contribution >= 4 is 15.9 Å². The van der Waals surface area contributed by atoms with E-state index in [2.05, 4.69) is 34.1 Å². The lowest BCUT2D eigenvalue weighted by Gasteiger charge is -2.39. The molecule has 2 atom stereocenters. The molecule has 17 heavy (non-hydrogen) atoms. The maximum absolute atomic E-state index is 6.32. The first kappa shape index (κ1) is 10.4. The third-order valence-electron chi connectivity index (χ3n) is 4.30. The van der Waals surface area contributed by atoms with Crippen molar-refractivity contribution in [1.82, 2.24) is 0 Å². The summed E-state index contributed by atoms with van der Waals surface area (Å²) in [5.41, 5.74) is 1.21. The van der Waals surface area contributed by atoms with Crippen LogP contribution in [0.3, 0.4) is 0 Å². The number of hydrogen-bond acceptors (Lipinski definition) is 2. The third kappa shape index (κ3) is 1.48. The fourth-order valence-corrected chi connectivity index (χ4v) is 3.78. The summed E-state index contributed by atoms with van der Waals surface area (Å²) < 4.78 is 13.3. The fraction of sp³-hybridized carbons (Fsp3) is 0.571.